The summed E-state index contributed by atoms with van der Waals surface area (Å²) in [5.74, 6) is -0.359. The number of hydrogen-bond donors (Lipinski definition) is 2. The second-order valence-corrected chi connectivity index (χ2v) is 8.67. The molecule has 2 N–H and O–H groups in total. The van der Waals surface area contributed by atoms with Gasteiger partial charge in [0.15, 0.2) is 5.17 Å². The molecular weight excluding hydrogens is 493 g/mol. The molecule has 2 aromatic rings. The molecule has 1 aliphatic heterocycles. The molecule has 0 aliphatic carbocycles. The minimum absolute atomic E-state index is 0.0734. The first-order valence-corrected chi connectivity index (χ1v) is 11.3. The number of methoxy groups -OCH3 is 1. The van der Waals surface area contributed by atoms with Gasteiger partial charge in [-0.05, 0) is 54.4 Å². The first kappa shape index (κ1) is 25.6. The van der Waals surface area contributed by atoms with Crippen LogP contribution in [0.5, 0.6) is 5.75 Å². The number of carbonyl (C=O) groups excluding carboxylic acids is 2. The molecular formula is C22H20ClF3N4O3S. The van der Waals surface area contributed by atoms with Crippen molar-refractivity contribution in [3.8, 4) is 5.75 Å². The number of nitrogens with zero attached hydrogens (tertiary/aromatic N) is 2. The lowest BCUT2D eigenvalue weighted by atomic mass is 10.1. The molecule has 1 heterocycles. The SMILES string of the molecule is CC/C(=N/N=C1/NC(=O)[C@H](CC(=O)Nc2ccc(Cl)c(C(F)(F)F)c2)S1)c1ccc(OC)cc1. The molecule has 0 saturated carbocycles. The second-order valence-electron chi connectivity index (χ2n) is 7.07. The number of anilines is 1. The van der Waals surface area contributed by atoms with Gasteiger partial charge in [0, 0.05) is 12.1 Å². The second kappa shape index (κ2) is 10.9. The Morgan fingerprint density at radius 3 is 2.56 bits per heavy atom. The van der Waals surface area contributed by atoms with Crippen molar-refractivity contribution in [1.29, 1.82) is 0 Å². The lowest BCUT2D eigenvalue weighted by Crippen LogP contribution is -2.28. The third-order valence-corrected chi connectivity index (χ3v) is 6.12. The Morgan fingerprint density at radius 2 is 1.94 bits per heavy atom. The van der Waals surface area contributed by atoms with Gasteiger partial charge in [-0.25, -0.2) is 0 Å². The summed E-state index contributed by atoms with van der Waals surface area (Å²) in [5, 5.41) is 12.2. The summed E-state index contributed by atoms with van der Waals surface area (Å²) in [6.45, 7) is 1.91. The third-order valence-electron chi connectivity index (χ3n) is 4.72. The van der Waals surface area contributed by atoms with Gasteiger partial charge in [-0.15, -0.1) is 5.10 Å². The van der Waals surface area contributed by atoms with Crippen molar-refractivity contribution in [2.45, 2.75) is 31.2 Å². The van der Waals surface area contributed by atoms with Crippen molar-refractivity contribution in [3.05, 3.63) is 58.6 Å². The zero-order chi connectivity index (χ0) is 24.9. The van der Waals surface area contributed by atoms with E-state index >= 15 is 0 Å². The Hall–Kier alpha value is -3.05. The van der Waals surface area contributed by atoms with Gasteiger partial charge in [0.1, 0.15) is 11.0 Å². The molecule has 2 amide bonds. The van der Waals surface area contributed by atoms with E-state index in [1.165, 1.54) is 6.07 Å². The lowest BCUT2D eigenvalue weighted by Gasteiger charge is -2.12. The predicted molar refractivity (Wildman–Crippen MR) is 126 cm³/mol. The molecule has 34 heavy (non-hydrogen) atoms. The molecule has 12 heteroatoms. The minimum Gasteiger partial charge on any atom is -0.497 e. The number of ether oxygens (including phenoxy) is 1. The van der Waals surface area contributed by atoms with Crippen molar-refractivity contribution in [1.82, 2.24) is 5.32 Å². The summed E-state index contributed by atoms with van der Waals surface area (Å²) < 4.78 is 44.1. The number of rotatable bonds is 7. The maximum Gasteiger partial charge on any atom is 0.417 e. The van der Waals surface area contributed by atoms with Crippen LogP contribution in [0.1, 0.15) is 30.9 Å². The number of amides is 2. The number of thioether (sulfide) groups is 1. The van der Waals surface area contributed by atoms with Crippen LogP contribution in [0.3, 0.4) is 0 Å². The topological polar surface area (TPSA) is 92.2 Å². The van der Waals surface area contributed by atoms with Crippen molar-refractivity contribution in [2.24, 2.45) is 10.2 Å². The normalized spacial score (nSPS) is 17.6. The molecule has 3 rings (SSSR count). The van der Waals surface area contributed by atoms with Gasteiger partial charge in [0.2, 0.25) is 11.8 Å². The zero-order valence-electron chi connectivity index (χ0n) is 18.1. The van der Waals surface area contributed by atoms with Crippen LogP contribution in [0.25, 0.3) is 0 Å². The fourth-order valence-electron chi connectivity index (χ4n) is 3.01. The molecule has 2 aromatic carbocycles. The average Bonchev–Trinajstić information content (AvgIpc) is 3.14. The Labute approximate surface area is 202 Å². The number of carbonyl (C=O) groups is 2. The number of alkyl halides is 3. The quantitative estimate of drug-likeness (QED) is 0.399. The molecule has 1 fully saturated rings. The summed E-state index contributed by atoms with van der Waals surface area (Å²) in [4.78, 5) is 24.6. The van der Waals surface area contributed by atoms with Gasteiger partial charge in [-0.1, -0.05) is 30.3 Å². The van der Waals surface area contributed by atoms with E-state index in [1.54, 1.807) is 19.2 Å². The fraction of sp³-hybridized carbons (Fsp3) is 0.273. The summed E-state index contributed by atoms with van der Waals surface area (Å²) in [6, 6.07) is 10.3. The summed E-state index contributed by atoms with van der Waals surface area (Å²) >= 11 is 6.61. The van der Waals surface area contributed by atoms with Gasteiger partial charge in [0.05, 0.1) is 23.4 Å². The van der Waals surface area contributed by atoms with Crippen LogP contribution in [0.4, 0.5) is 18.9 Å². The minimum atomic E-state index is -4.66. The van der Waals surface area contributed by atoms with E-state index in [4.69, 9.17) is 16.3 Å². The highest BCUT2D eigenvalue weighted by Crippen LogP contribution is 2.36. The highest BCUT2D eigenvalue weighted by Gasteiger charge is 2.34. The van der Waals surface area contributed by atoms with Gasteiger partial charge in [-0.3, -0.25) is 9.59 Å². The van der Waals surface area contributed by atoms with Crippen LogP contribution >= 0.6 is 23.4 Å². The van der Waals surface area contributed by atoms with Gasteiger partial charge >= 0.3 is 6.18 Å². The number of halogens is 4. The highest BCUT2D eigenvalue weighted by atomic mass is 35.5. The number of hydrogen-bond acceptors (Lipinski definition) is 6. The van der Waals surface area contributed by atoms with Crippen LogP contribution in [0.15, 0.2) is 52.7 Å². The maximum absolute atomic E-state index is 13.0. The highest BCUT2D eigenvalue weighted by molar-refractivity contribution is 8.15. The van der Waals surface area contributed by atoms with Crippen LogP contribution < -0.4 is 15.4 Å². The Morgan fingerprint density at radius 1 is 1.24 bits per heavy atom. The fourth-order valence-corrected chi connectivity index (χ4v) is 4.15. The molecule has 1 aliphatic rings. The number of nitrogens with one attached hydrogen (secondary N) is 2. The van der Waals surface area contributed by atoms with Crippen molar-refractivity contribution in [3.63, 3.8) is 0 Å². The Balaban J connectivity index is 1.64. The van der Waals surface area contributed by atoms with E-state index in [-0.39, 0.29) is 17.3 Å². The number of benzene rings is 2. The Kier molecular flexibility index (Phi) is 8.21. The van der Waals surface area contributed by atoms with Gasteiger partial charge < -0.3 is 15.4 Å². The molecule has 0 radical (unpaired) electrons. The maximum atomic E-state index is 13.0. The van der Waals surface area contributed by atoms with Gasteiger partial charge in [-0.2, -0.15) is 18.3 Å². The average molecular weight is 513 g/mol. The van der Waals surface area contributed by atoms with E-state index in [2.05, 4.69) is 20.8 Å². The van der Waals surface area contributed by atoms with Crippen LogP contribution in [-0.4, -0.2) is 35.1 Å². The summed E-state index contributed by atoms with van der Waals surface area (Å²) in [6.07, 6.45) is -4.33. The van der Waals surface area contributed by atoms with E-state index in [0.717, 1.165) is 29.5 Å². The molecule has 180 valence electrons. The molecule has 0 spiro atoms. The summed E-state index contributed by atoms with van der Waals surface area (Å²) in [5.41, 5.74) is 0.403. The molecule has 0 aromatic heterocycles. The molecule has 0 bridgehead atoms. The molecule has 7 nitrogen and oxygen atoms in total. The van der Waals surface area contributed by atoms with E-state index in [9.17, 15) is 22.8 Å². The predicted octanol–water partition coefficient (Wildman–Crippen LogP) is 5.10. The van der Waals surface area contributed by atoms with Crippen molar-refractivity contribution >= 4 is 51.7 Å². The van der Waals surface area contributed by atoms with Crippen LogP contribution in [0, 0.1) is 0 Å². The van der Waals surface area contributed by atoms with E-state index < -0.39 is 33.8 Å². The first-order chi connectivity index (χ1) is 16.1. The molecule has 1 atom stereocenters. The zero-order valence-corrected chi connectivity index (χ0v) is 19.6. The Bertz CT molecular complexity index is 1140. The molecule has 1 saturated heterocycles. The standard InChI is InChI=1S/C22H20ClF3N4O3S/c1-3-17(12-4-7-14(33-2)8-5-12)29-30-21-28-20(32)18(34-21)11-19(31)27-13-6-9-16(23)15(10-13)22(24,25)26/h4-10,18H,3,11H2,1-2H3,(H,27,31)(H,28,30,32)/b29-17-/t18-/m0/s1. The first-order valence-electron chi connectivity index (χ1n) is 10.0. The monoisotopic (exact) mass is 512 g/mol. The largest absolute Gasteiger partial charge is 0.497 e. The van der Waals surface area contributed by atoms with Crippen molar-refractivity contribution < 1.29 is 27.5 Å². The lowest BCUT2D eigenvalue weighted by molar-refractivity contribution is -0.137. The third kappa shape index (κ3) is 6.51. The molecule has 0 unspecified atom stereocenters. The van der Waals surface area contributed by atoms with Crippen molar-refractivity contribution in [2.75, 3.05) is 12.4 Å². The van der Waals surface area contributed by atoms with E-state index in [1.807, 2.05) is 19.1 Å². The van der Waals surface area contributed by atoms with Gasteiger partial charge in [0.25, 0.3) is 0 Å². The van der Waals surface area contributed by atoms with Crippen LogP contribution in [-0.2, 0) is 15.8 Å². The summed E-state index contributed by atoms with van der Waals surface area (Å²) in [7, 11) is 1.57. The van der Waals surface area contributed by atoms with Crippen LogP contribution in [0.2, 0.25) is 5.02 Å². The number of amidine groups is 1. The smallest absolute Gasteiger partial charge is 0.417 e. The van der Waals surface area contributed by atoms with E-state index in [0.29, 0.717) is 17.9 Å².